The van der Waals surface area contributed by atoms with E-state index in [-0.39, 0.29) is 18.0 Å². The number of rotatable bonds is 6. The van der Waals surface area contributed by atoms with Crippen molar-refractivity contribution in [3.8, 4) is 0 Å². The summed E-state index contributed by atoms with van der Waals surface area (Å²) in [6.07, 6.45) is 2.10. The fraction of sp³-hybridized carbons (Fsp3) is 0.385. The van der Waals surface area contributed by atoms with Crippen LogP contribution in [0.25, 0.3) is 0 Å². The number of ketones is 2. The third-order valence-electron chi connectivity index (χ3n) is 2.40. The standard InChI is InChI=1S/C13H14Cl2O2/c1-2-3-4-10(16)8-13(17)11-7-9(14)5-6-12(11)15/h5-7H,2-4,8H2,1H3. The molecule has 0 aliphatic rings. The minimum atomic E-state index is -0.265. The molecule has 0 aliphatic heterocycles. The van der Waals surface area contributed by atoms with Crippen molar-refractivity contribution in [2.75, 3.05) is 0 Å². The highest BCUT2D eigenvalue weighted by molar-refractivity contribution is 6.36. The number of hydrogen-bond acceptors (Lipinski definition) is 2. The van der Waals surface area contributed by atoms with Crippen LogP contribution in [-0.2, 0) is 4.79 Å². The number of hydrogen-bond donors (Lipinski definition) is 0. The minimum Gasteiger partial charge on any atom is -0.299 e. The number of benzene rings is 1. The van der Waals surface area contributed by atoms with Gasteiger partial charge in [-0.3, -0.25) is 9.59 Å². The molecule has 0 bridgehead atoms. The summed E-state index contributed by atoms with van der Waals surface area (Å²) in [5.74, 6) is -0.313. The third kappa shape index (κ3) is 4.49. The normalized spacial score (nSPS) is 10.3. The van der Waals surface area contributed by atoms with Crippen molar-refractivity contribution in [1.82, 2.24) is 0 Å². The maximum Gasteiger partial charge on any atom is 0.171 e. The molecule has 0 heterocycles. The molecule has 0 atom stereocenters. The first-order chi connectivity index (χ1) is 8.04. The molecular formula is C13H14Cl2O2. The fourth-order valence-electron chi connectivity index (χ4n) is 1.45. The van der Waals surface area contributed by atoms with E-state index in [0.717, 1.165) is 12.8 Å². The summed E-state index contributed by atoms with van der Waals surface area (Å²) in [7, 11) is 0. The van der Waals surface area contributed by atoms with E-state index in [0.29, 0.717) is 22.0 Å². The first-order valence-corrected chi connectivity index (χ1v) is 6.30. The Morgan fingerprint density at radius 3 is 2.59 bits per heavy atom. The molecule has 0 saturated carbocycles. The lowest BCUT2D eigenvalue weighted by Gasteiger charge is -2.03. The van der Waals surface area contributed by atoms with Crippen molar-refractivity contribution in [1.29, 1.82) is 0 Å². The summed E-state index contributed by atoms with van der Waals surface area (Å²) >= 11 is 11.7. The smallest absolute Gasteiger partial charge is 0.171 e. The molecule has 17 heavy (non-hydrogen) atoms. The van der Waals surface area contributed by atoms with Gasteiger partial charge in [0.2, 0.25) is 0 Å². The third-order valence-corrected chi connectivity index (χ3v) is 2.96. The highest BCUT2D eigenvalue weighted by Crippen LogP contribution is 2.22. The van der Waals surface area contributed by atoms with E-state index in [2.05, 4.69) is 0 Å². The second kappa shape index (κ2) is 6.77. The van der Waals surface area contributed by atoms with Crippen molar-refractivity contribution in [3.63, 3.8) is 0 Å². The predicted octanol–water partition coefficient (Wildman–Crippen LogP) is 4.33. The van der Waals surface area contributed by atoms with Crippen molar-refractivity contribution in [2.45, 2.75) is 32.6 Å². The molecule has 0 aromatic heterocycles. The van der Waals surface area contributed by atoms with Crippen molar-refractivity contribution in [2.24, 2.45) is 0 Å². The Balaban J connectivity index is 2.69. The summed E-state index contributed by atoms with van der Waals surface area (Å²) in [5, 5.41) is 0.779. The van der Waals surface area contributed by atoms with Crippen molar-refractivity contribution in [3.05, 3.63) is 33.8 Å². The average Bonchev–Trinajstić information content (AvgIpc) is 2.29. The number of halogens is 2. The van der Waals surface area contributed by atoms with E-state index in [9.17, 15) is 9.59 Å². The molecule has 0 radical (unpaired) electrons. The summed E-state index contributed by atoms with van der Waals surface area (Å²) < 4.78 is 0. The number of carbonyl (C=O) groups is 2. The number of unbranched alkanes of at least 4 members (excludes halogenated alkanes) is 1. The Hall–Kier alpha value is -0.860. The Labute approximate surface area is 111 Å². The second-order valence-electron chi connectivity index (χ2n) is 3.87. The molecule has 0 N–H and O–H groups in total. The first-order valence-electron chi connectivity index (χ1n) is 5.54. The van der Waals surface area contributed by atoms with Crippen LogP contribution in [0.1, 0.15) is 43.0 Å². The predicted molar refractivity (Wildman–Crippen MR) is 69.9 cm³/mol. The lowest BCUT2D eigenvalue weighted by atomic mass is 10.0. The minimum absolute atomic E-state index is 0.0482. The van der Waals surface area contributed by atoms with Gasteiger partial charge in [0.15, 0.2) is 5.78 Å². The largest absolute Gasteiger partial charge is 0.299 e. The Morgan fingerprint density at radius 2 is 1.94 bits per heavy atom. The Bertz CT molecular complexity index is 427. The van der Waals surface area contributed by atoms with Crippen LogP contribution in [0.15, 0.2) is 18.2 Å². The molecule has 0 amide bonds. The molecule has 0 saturated heterocycles. The lowest BCUT2D eigenvalue weighted by molar-refractivity contribution is -0.118. The summed E-state index contributed by atoms with van der Waals surface area (Å²) in [6.45, 7) is 2.00. The Kier molecular flexibility index (Phi) is 5.66. The van der Waals surface area contributed by atoms with E-state index < -0.39 is 0 Å². The lowest BCUT2D eigenvalue weighted by Crippen LogP contribution is -2.08. The van der Waals surface area contributed by atoms with Gasteiger partial charge in [-0.25, -0.2) is 0 Å². The molecule has 1 aromatic rings. The van der Waals surface area contributed by atoms with Crippen LogP contribution in [0, 0.1) is 0 Å². The summed E-state index contributed by atoms with van der Waals surface area (Å²) in [5.41, 5.74) is 0.323. The van der Waals surface area contributed by atoms with E-state index in [1.165, 1.54) is 6.07 Å². The molecular weight excluding hydrogens is 259 g/mol. The van der Waals surface area contributed by atoms with Crippen LogP contribution >= 0.6 is 23.2 Å². The van der Waals surface area contributed by atoms with Crippen LogP contribution < -0.4 is 0 Å². The monoisotopic (exact) mass is 272 g/mol. The average molecular weight is 273 g/mol. The zero-order valence-electron chi connectivity index (χ0n) is 9.63. The van der Waals surface area contributed by atoms with E-state index >= 15 is 0 Å². The summed E-state index contributed by atoms with van der Waals surface area (Å²) in [6, 6.07) is 4.67. The molecule has 0 fully saturated rings. The Morgan fingerprint density at radius 1 is 1.24 bits per heavy atom. The van der Waals surface area contributed by atoms with Crippen LogP contribution in [0.4, 0.5) is 0 Å². The van der Waals surface area contributed by atoms with Crippen LogP contribution in [0.5, 0.6) is 0 Å². The van der Waals surface area contributed by atoms with E-state index in [1.807, 2.05) is 6.92 Å². The molecule has 92 valence electrons. The SMILES string of the molecule is CCCCC(=O)CC(=O)c1cc(Cl)ccc1Cl. The molecule has 4 heteroatoms. The van der Waals surface area contributed by atoms with Gasteiger partial charge in [-0.15, -0.1) is 0 Å². The topological polar surface area (TPSA) is 34.1 Å². The zero-order valence-corrected chi connectivity index (χ0v) is 11.1. The molecule has 0 unspecified atom stereocenters. The second-order valence-corrected chi connectivity index (χ2v) is 4.71. The zero-order chi connectivity index (χ0) is 12.8. The van der Waals surface area contributed by atoms with Crippen molar-refractivity contribution >= 4 is 34.8 Å². The highest BCUT2D eigenvalue weighted by Gasteiger charge is 2.14. The molecule has 0 spiro atoms. The quantitative estimate of drug-likeness (QED) is 0.571. The fourth-order valence-corrected chi connectivity index (χ4v) is 1.84. The van der Waals surface area contributed by atoms with Gasteiger partial charge in [0.1, 0.15) is 5.78 Å². The number of carbonyl (C=O) groups excluding carboxylic acids is 2. The van der Waals surface area contributed by atoms with Crippen LogP contribution in [0.2, 0.25) is 10.0 Å². The van der Waals surface area contributed by atoms with Gasteiger partial charge in [0, 0.05) is 17.0 Å². The van der Waals surface area contributed by atoms with Gasteiger partial charge in [-0.2, -0.15) is 0 Å². The maximum atomic E-state index is 11.8. The van der Waals surface area contributed by atoms with Crippen molar-refractivity contribution < 1.29 is 9.59 Å². The van der Waals surface area contributed by atoms with E-state index in [4.69, 9.17) is 23.2 Å². The summed E-state index contributed by atoms with van der Waals surface area (Å²) in [4.78, 5) is 23.3. The molecule has 2 nitrogen and oxygen atoms in total. The van der Waals surface area contributed by atoms with Gasteiger partial charge < -0.3 is 0 Å². The van der Waals surface area contributed by atoms with Gasteiger partial charge in [0.05, 0.1) is 11.4 Å². The molecule has 1 aromatic carbocycles. The van der Waals surface area contributed by atoms with E-state index in [1.54, 1.807) is 12.1 Å². The van der Waals surface area contributed by atoms with Gasteiger partial charge >= 0.3 is 0 Å². The number of Topliss-reactive ketones (excluding diaryl/α,β-unsaturated/α-hetero) is 2. The molecule has 0 aliphatic carbocycles. The van der Waals surface area contributed by atoms with Crippen LogP contribution in [-0.4, -0.2) is 11.6 Å². The maximum absolute atomic E-state index is 11.8. The first kappa shape index (κ1) is 14.2. The van der Waals surface area contributed by atoms with Gasteiger partial charge in [-0.05, 0) is 24.6 Å². The molecule has 1 rings (SSSR count). The van der Waals surface area contributed by atoms with Gasteiger partial charge in [0.25, 0.3) is 0 Å². The van der Waals surface area contributed by atoms with Gasteiger partial charge in [-0.1, -0.05) is 36.5 Å². The van der Waals surface area contributed by atoms with Crippen LogP contribution in [0.3, 0.4) is 0 Å². The highest BCUT2D eigenvalue weighted by atomic mass is 35.5.